The highest BCUT2D eigenvalue weighted by Crippen LogP contribution is 2.27. The summed E-state index contributed by atoms with van der Waals surface area (Å²) in [6.45, 7) is 4.63. The molecule has 1 saturated heterocycles. The number of amides is 1. The monoisotopic (exact) mass is 446 g/mol. The first-order valence-electron chi connectivity index (χ1n) is 9.60. The molecule has 0 bridgehead atoms. The Labute approximate surface area is 179 Å². The van der Waals surface area contributed by atoms with Gasteiger partial charge in [-0.1, -0.05) is 17.2 Å². The lowest BCUT2D eigenvalue weighted by Crippen LogP contribution is -2.41. The molecule has 3 aromatic rings. The van der Waals surface area contributed by atoms with Gasteiger partial charge >= 0.3 is 6.01 Å². The molecule has 4 rings (SSSR count). The van der Waals surface area contributed by atoms with Crippen LogP contribution in [0.5, 0.6) is 0 Å². The SMILES string of the molecule is Cc1ccc(-c2nnc(NC(=O)C3CCN(S(=O)(=O)c4cccs4)CC3)o2)cc1C. The summed E-state index contributed by atoms with van der Waals surface area (Å²) in [6, 6.07) is 9.19. The molecule has 0 aliphatic carbocycles. The molecular weight excluding hydrogens is 424 g/mol. The number of hydrogen-bond donors (Lipinski definition) is 1. The zero-order chi connectivity index (χ0) is 21.3. The van der Waals surface area contributed by atoms with Crippen LogP contribution in [0.3, 0.4) is 0 Å². The number of benzene rings is 1. The summed E-state index contributed by atoms with van der Waals surface area (Å²) in [5.41, 5.74) is 3.07. The number of carbonyl (C=O) groups excluding carboxylic acids is 1. The zero-order valence-corrected chi connectivity index (χ0v) is 18.3. The van der Waals surface area contributed by atoms with Crippen LogP contribution >= 0.6 is 11.3 Å². The highest BCUT2D eigenvalue weighted by molar-refractivity contribution is 7.91. The Kier molecular flexibility index (Phi) is 5.72. The van der Waals surface area contributed by atoms with Gasteiger partial charge in [-0.15, -0.1) is 16.4 Å². The fraction of sp³-hybridized carbons (Fsp3) is 0.350. The van der Waals surface area contributed by atoms with Crippen LogP contribution < -0.4 is 5.32 Å². The predicted molar refractivity (Wildman–Crippen MR) is 114 cm³/mol. The highest BCUT2D eigenvalue weighted by atomic mass is 32.2. The summed E-state index contributed by atoms with van der Waals surface area (Å²) in [5, 5.41) is 12.3. The van der Waals surface area contributed by atoms with E-state index in [0.717, 1.165) is 11.1 Å². The Bertz CT molecular complexity index is 1150. The van der Waals surface area contributed by atoms with Crippen molar-refractivity contribution in [3.63, 3.8) is 0 Å². The first-order chi connectivity index (χ1) is 14.3. The lowest BCUT2D eigenvalue weighted by molar-refractivity contribution is -0.121. The molecule has 1 amide bonds. The van der Waals surface area contributed by atoms with Gasteiger partial charge in [0.15, 0.2) is 0 Å². The topological polar surface area (TPSA) is 105 Å². The molecule has 0 unspecified atom stereocenters. The average molecular weight is 447 g/mol. The van der Waals surface area contributed by atoms with Crippen molar-refractivity contribution in [3.05, 3.63) is 46.8 Å². The number of nitrogens with one attached hydrogen (secondary N) is 1. The van der Waals surface area contributed by atoms with Crippen molar-refractivity contribution in [2.45, 2.75) is 30.9 Å². The maximum absolute atomic E-state index is 12.6. The van der Waals surface area contributed by atoms with Gasteiger partial charge in [-0.05, 0) is 61.4 Å². The molecule has 1 aliphatic heterocycles. The van der Waals surface area contributed by atoms with E-state index in [0.29, 0.717) is 36.0 Å². The van der Waals surface area contributed by atoms with Crippen molar-refractivity contribution in [3.8, 4) is 11.5 Å². The van der Waals surface area contributed by atoms with Gasteiger partial charge in [-0.2, -0.15) is 4.31 Å². The highest BCUT2D eigenvalue weighted by Gasteiger charge is 2.33. The number of aryl methyl sites for hydroxylation is 2. The minimum atomic E-state index is -3.48. The van der Waals surface area contributed by atoms with Gasteiger partial charge in [0.2, 0.25) is 11.8 Å². The van der Waals surface area contributed by atoms with Crippen molar-refractivity contribution in [2.24, 2.45) is 5.92 Å². The quantitative estimate of drug-likeness (QED) is 0.643. The van der Waals surface area contributed by atoms with E-state index in [4.69, 9.17) is 4.42 Å². The van der Waals surface area contributed by atoms with Crippen LogP contribution in [-0.2, 0) is 14.8 Å². The van der Waals surface area contributed by atoms with E-state index >= 15 is 0 Å². The molecule has 1 aliphatic rings. The molecule has 1 aromatic carbocycles. The molecular formula is C20H22N4O4S2. The Morgan fingerprint density at radius 2 is 1.93 bits per heavy atom. The number of anilines is 1. The molecule has 0 saturated carbocycles. The number of thiophene rings is 1. The number of hydrogen-bond acceptors (Lipinski definition) is 7. The fourth-order valence-corrected chi connectivity index (χ4v) is 5.98. The van der Waals surface area contributed by atoms with Crippen molar-refractivity contribution in [1.82, 2.24) is 14.5 Å². The number of carbonyl (C=O) groups is 1. The lowest BCUT2D eigenvalue weighted by Gasteiger charge is -2.29. The van der Waals surface area contributed by atoms with Gasteiger partial charge in [-0.25, -0.2) is 8.42 Å². The first-order valence-corrected chi connectivity index (χ1v) is 11.9. The van der Waals surface area contributed by atoms with Gasteiger partial charge in [0.25, 0.3) is 10.0 Å². The third-order valence-corrected chi connectivity index (χ3v) is 8.59. The summed E-state index contributed by atoms with van der Waals surface area (Å²) >= 11 is 1.20. The smallest absolute Gasteiger partial charge is 0.322 e. The van der Waals surface area contributed by atoms with Gasteiger partial charge < -0.3 is 4.42 Å². The maximum Gasteiger partial charge on any atom is 0.322 e. The molecule has 1 fully saturated rings. The van der Waals surface area contributed by atoms with Crippen LogP contribution in [-0.4, -0.2) is 41.9 Å². The number of aromatic nitrogens is 2. The molecule has 0 radical (unpaired) electrons. The predicted octanol–water partition coefficient (Wildman–Crippen LogP) is 3.45. The lowest BCUT2D eigenvalue weighted by atomic mass is 9.97. The normalized spacial score (nSPS) is 15.9. The third-order valence-electron chi connectivity index (χ3n) is 5.32. The van der Waals surface area contributed by atoms with E-state index in [2.05, 4.69) is 15.5 Å². The van der Waals surface area contributed by atoms with Gasteiger partial charge in [-0.3, -0.25) is 10.1 Å². The second kappa shape index (κ2) is 8.29. The van der Waals surface area contributed by atoms with Crippen LogP contribution in [0.1, 0.15) is 24.0 Å². The Hall–Kier alpha value is -2.56. The summed E-state index contributed by atoms with van der Waals surface area (Å²) in [7, 11) is -3.48. The molecule has 158 valence electrons. The van der Waals surface area contributed by atoms with Gasteiger partial charge in [0, 0.05) is 24.6 Å². The fourth-order valence-electron chi connectivity index (χ4n) is 3.37. The first kappa shape index (κ1) is 20.7. The van der Waals surface area contributed by atoms with Crippen LogP contribution in [0.15, 0.2) is 44.3 Å². The van der Waals surface area contributed by atoms with Crippen molar-refractivity contribution in [1.29, 1.82) is 0 Å². The van der Waals surface area contributed by atoms with E-state index < -0.39 is 10.0 Å². The molecule has 30 heavy (non-hydrogen) atoms. The molecule has 8 nitrogen and oxygen atoms in total. The summed E-state index contributed by atoms with van der Waals surface area (Å²) in [6.07, 6.45) is 0.878. The second-order valence-corrected chi connectivity index (χ2v) is 10.4. The van der Waals surface area contributed by atoms with Crippen LogP contribution in [0, 0.1) is 19.8 Å². The largest absolute Gasteiger partial charge is 0.403 e. The van der Waals surface area contributed by atoms with Gasteiger partial charge in [0.1, 0.15) is 4.21 Å². The second-order valence-electron chi connectivity index (χ2n) is 7.31. The Morgan fingerprint density at radius 3 is 2.60 bits per heavy atom. The van der Waals surface area contributed by atoms with Crippen LogP contribution in [0.4, 0.5) is 6.01 Å². The van der Waals surface area contributed by atoms with Crippen molar-refractivity contribution in [2.75, 3.05) is 18.4 Å². The summed E-state index contributed by atoms with van der Waals surface area (Å²) in [4.78, 5) is 12.6. The average Bonchev–Trinajstić information content (AvgIpc) is 3.43. The van der Waals surface area contributed by atoms with E-state index in [1.807, 2.05) is 32.0 Å². The number of nitrogens with zero attached hydrogens (tertiary/aromatic N) is 3. The molecule has 1 N–H and O–H groups in total. The minimum absolute atomic E-state index is 0.0434. The molecule has 3 heterocycles. The zero-order valence-electron chi connectivity index (χ0n) is 16.7. The van der Waals surface area contributed by atoms with E-state index in [1.54, 1.807) is 17.5 Å². The summed E-state index contributed by atoms with van der Waals surface area (Å²) < 4.78 is 32.6. The third kappa shape index (κ3) is 4.16. The molecule has 10 heteroatoms. The Morgan fingerprint density at radius 1 is 1.17 bits per heavy atom. The number of piperidine rings is 1. The van der Waals surface area contributed by atoms with Crippen molar-refractivity contribution < 1.29 is 17.6 Å². The summed E-state index contributed by atoms with van der Waals surface area (Å²) in [5.74, 6) is -0.208. The van der Waals surface area contributed by atoms with Crippen LogP contribution in [0.2, 0.25) is 0 Å². The van der Waals surface area contributed by atoms with Crippen LogP contribution in [0.25, 0.3) is 11.5 Å². The standard InChI is InChI=1S/C20H22N4O4S2/c1-13-5-6-16(12-14(13)2)19-22-23-20(28-19)21-18(25)15-7-9-24(10-8-15)30(26,27)17-4-3-11-29-17/h3-6,11-12,15H,7-10H2,1-2H3,(H,21,23,25). The maximum atomic E-state index is 12.6. The number of sulfonamides is 1. The molecule has 0 spiro atoms. The van der Waals surface area contributed by atoms with Crippen molar-refractivity contribution >= 4 is 33.3 Å². The Balaban J connectivity index is 1.36. The number of rotatable bonds is 5. The van der Waals surface area contributed by atoms with Gasteiger partial charge in [0.05, 0.1) is 0 Å². The molecule has 0 atom stereocenters. The van der Waals surface area contributed by atoms with E-state index in [9.17, 15) is 13.2 Å². The van der Waals surface area contributed by atoms with E-state index in [1.165, 1.54) is 21.2 Å². The van der Waals surface area contributed by atoms with E-state index in [-0.39, 0.29) is 17.8 Å². The minimum Gasteiger partial charge on any atom is -0.403 e. The molecule has 2 aromatic heterocycles.